The van der Waals surface area contributed by atoms with Crippen LogP contribution in [0, 0.1) is 10.6 Å². The summed E-state index contributed by atoms with van der Waals surface area (Å²) in [7, 11) is 0. The lowest BCUT2D eigenvalue weighted by molar-refractivity contribution is 0.102. The minimum Gasteiger partial charge on any atom is -0.334 e. The number of hydrogen-bond donors (Lipinski definition) is 2. The first-order chi connectivity index (χ1) is 8.49. The van der Waals surface area contributed by atoms with E-state index in [0.717, 1.165) is 11.9 Å². The molecule has 2 aromatic rings. The highest BCUT2D eigenvalue weighted by Gasteiger charge is 2.19. The largest absolute Gasteiger partial charge is 0.334 e. The Morgan fingerprint density at radius 3 is 2.67 bits per heavy atom. The van der Waals surface area contributed by atoms with Crippen LogP contribution in [0.1, 0.15) is 41.6 Å². The van der Waals surface area contributed by atoms with E-state index >= 15 is 0 Å². The number of carbonyl (C=O) groups excluding carboxylic acids is 1. The van der Waals surface area contributed by atoms with Gasteiger partial charge in [-0.1, -0.05) is 13.8 Å². The summed E-state index contributed by atoms with van der Waals surface area (Å²) in [6.45, 7) is 3.90. The second-order valence-electron chi connectivity index (χ2n) is 4.21. The molecule has 0 bridgehead atoms. The molecule has 0 aromatic carbocycles. The third-order valence-electron chi connectivity index (χ3n) is 2.52. The number of imidazole rings is 1. The van der Waals surface area contributed by atoms with Crippen LogP contribution in [0.25, 0.3) is 0 Å². The molecule has 0 spiro atoms. The molecular formula is C12H12FN3OS. The average molecular weight is 265 g/mol. The van der Waals surface area contributed by atoms with Crippen molar-refractivity contribution < 1.29 is 9.18 Å². The Morgan fingerprint density at radius 2 is 2.11 bits per heavy atom. The zero-order valence-corrected chi connectivity index (χ0v) is 10.8. The van der Waals surface area contributed by atoms with Crippen LogP contribution in [0.2, 0.25) is 0 Å². The second kappa shape index (κ2) is 4.81. The van der Waals surface area contributed by atoms with Gasteiger partial charge in [0, 0.05) is 5.69 Å². The summed E-state index contributed by atoms with van der Waals surface area (Å²) in [5, 5.41) is 0. The summed E-state index contributed by atoms with van der Waals surface area (Å²) in [4.78, 5) is 21.7. The Kier molecular flexibility index (Phi) is 3.38. The number of nitrogens with one attached hydrogen (secondary N) is 2. The van der Waals surface area contributed by atoms with E-state index < -0.39 is 5.82 Å². The molecule has 0 unspecified atom stereocenters. The topological polar surface area (TPSA) is 61.5 Å². The smallest absolute Gasteiger partial charge is 0.229 e. The Hall–Kier alpha value is -1.82. The van der Waals surface area contributed by atoms with Gasteiger partial charge in [0.1, 0.15) is 17.2 Å². The maximum absolute atomic E-state index is 12.8. The number of aromatic nitrogens is 3. The number of H-pyrrole nitrogens is 2. The van der Waals surface area contributed by atoms with E-state index in [0.29, 0.717) is 10.5 Å². The molecule has 0 aliphatic rings. The first-order valence-corrected chi connectivity index (χ1v) is 5.88. The number of carbonyl (C=O) groups is 1. The van der Waals surface area contributed by atoms with Crippen LogP contribution < -0.4 is 0 Å². The van der Waals surface area contributed by atoms with Crippen LogP contribution >= 0.6 is 12.2 Å². The van der Waals surface area contributed by atoms with Crippen LogP contribution in [-0.2, 0) is 0 Å². The molecule has 2 rings (SSSR count). The van der Waals surface area contributed by atoms with E-state index in [-0.39, 0.29) is 17.4 Å². The molecule has 0 amide bonds. The normalized spacial score (nSPS) is 10.9. The lowest BCUT2D eigenvalue weighted by Gasteiger charge is -2.05. The molecule has 6 heteroatoms. The highest BCUT2D eigenvalue weighted by Crippen LogP contribution is 2.18. The van der Waals surface area contributed by atoms with Crippen molar-refractivity contribution in [2.24, 2.45) is 0 Å². The monoisotopic (exact) mass is 265 g/mol. The SMILES string of the molecule is CC(C)c1[nH]c(=S)[nH]c1C(=O)c1ccc(F)cn1. The summed E-state index contributed by atoms with van der Waals surface area (Å²) in [6.07, 6.45) is 1.02. The first-order valence-electron chi connectivity index (χ1n) is 5.47. The molecule has 94 valence electrons. The van der Waals surface area contributed by atoms with Gasteiger partial charge in [0.2, 0.25) is 5.78 Å². The molecule has 0 saturated carbocycles. The first kappa shape index (κ1) is 12.6. The van der Waals surface area contributed by atoms with Gasteiger partial charge in [-0.05, 0) is 30.3 Å². The summed E-state index contributed by atoms with van der Waals surface area (Å²) in [5.74, 6) is -0.652. The molecule has 0 aliphatic carbocycles. The minimum absolute atomic E-state index is 0.123. The van der Waals surface area contributed by atoms with Crippen LogP contribution in [0.15, 0.2) is 18.3 Å². The van der Waals surface area contributed by atoms with Crippen molar-refractivity contribution in [2.75, 3.05) is 0 Å². The van der Waals surface area contributed by atoms with E-state index in [1.165, 1.54) is 12.1 Å². The zero-order chi connectivity index (χ0) is 13.3. The number of halogens is 1. The zero-order valence-electron chi connectivity index (χ0n) is 9.95. The highest BCUT2D eigenvalue weighted by atomic mass is 32.1. The van der Waals surface area contributed by atoms with E-state index in [2.05, 4.69) is 15.0 Å². The fourth-order valence-electron chi connectivity index (χ4n) is 1.65. The van der Waals surface area contributed by atoms with Crippen molar-refractivity contribution >= 4 is 18.0 Å². The summed E-state index contributed by atoms with van der Waals surface area (Å²) >= 11 is 4.99. The van der Waals surface area contributed by atoms with Crippen LogP contribution in [0.5, 0.6) is 0 Å². The fraction of sp³-hybridized carbons (Fsp3) is 0.250. The van der Waals surface area contributed by atoms with Gasteiger partial charge in [0.25, 0.3) is 0 Å². The van der Waals surface area contributed by atoms with Crippen molar-refractivity contribution in [3.63, 3.8) is 0 Å². The summed E-state index contributed by atoms with van der Waals surface area (Å²) in [5.41, 5.74) is 1.30. The Bertz CT molecular complexity index is 628. The molecule has 2 N–H and O–H groups in total. The summed E-state index contributed by atoms with van der Waals surface area (Å²) in [6, 6.07) is 2.56. The molecule has 2 aromatic heterocycles. The quantitative estimate of drug-likeness (QED) is 0.662. The molecule has 4 nitrogen and oxygen atoms in total. The van der Waals surface area contributed by atoms with Gasteiger partial charge in [-0.2, -0.15) is 0 Å². The molecular weight excluding hydrogens is 253 g/mol. The highest BCUT2D eigenvalue weighted by molar-refractivity contribution is 7.71. The van der Waals surface area contributed by atoms with Gasteiger partial charge in [-0.25, -0.2) is 9.37 Å². The molecule has 18 heavy (non-hydrogen) atoms. The number of aromatic amines is 2. The van der Waals surface area contributed by atoms with Gasteiger partial charge in [-0.15, -0.1) is 0 Å². The van der Waals surface area contributed by atoms with Crippen molar-refractivity contribution in [3.8, 4) is 0 Å². The molecule has 0 fully saturated rings. The van der Waals surface area contributed by atoms with Gasteiger partial charge in [0.15, 0.2) is 4.77 Å². The van der Waals surface area contributed by atoms with Gasteiger partial charge >= 0.3 is 0 Å². The van der Waals surface area contributed by atoms with E-state index in [9.17, 15) is 9.18 Å². The molecule has 0 aliphatic heterocycles. The lowest BCUT2D eigenvalue weighted by atomic mass is 10.0. The molecule has 2 heterocycles. The molecule has 0 radical (unpaired) electrons. The number of hydrogen-bond acceptors (Lipinski definition) is 3. The van der Waals surface area contributed by atoms with Crippen molar-refractivity contribution in [1.29, 1.82) is 0 Å². The van der Waals surface area contributed by atoms with Crippen molar-refractivity contribution in [3.05, 3.63) is 46.0 Å². The number of rotatable bonds is 3. The third kappa shape index (κ3) is 2.38. The Morgan fingerprint density at radius 1 is 1.39 bits per heavy atom. The number of ketones is 1. The summed E-state index contributed by atoms with van der Waals surface area (Å²) < 4.78 is 13.2. The fourth-order valence-corrected chi connectivity index (χ4v) is 1.86. The van der Waals surface area contributed by atoms with Crippen LogP contribution in [0.4, 0.5) is 4.39 Å². The third-order valence-corrected chi connectivity index (χ3v) is 2.72. The predicted molar refractivity (Wildman–Crippen MR) is 67.7 cm³/mol. The minimum atomic E-state index is -0.474. The van der Waals surface area contributed by atoms with Crippen LogP contribution in [0.3, 0.4) is 0 Å². The maximum Gasteiger partial charge on any atom is 0.229 e. The molecule has 0 atom stereocenters. The van der Waals surface area contributed by atoms with Gasteiger partial charge in [0.05, 0.1) is 6.20 Å². The molecule has 0 saturated heterocycles. The van der Waals surface area contributed by atoms with Crippen LogP contribution in [-0.4, -0.2) is 20.7 Å². The average Bonchev–Trinajstić information content (AvgIpc) is 2.71. The number of pyridine rings is 1. The van der Waals surface area contributed by atoms with Gasteiger partial charge < -0.3 is 9.97 Å². The van der Waals surface area contributed by atoms with E-state index in [4.69, 9.17) is 12.2 Å². The van der Waals surface area contributed by atoms with Crippen molar-refractivity contribution in [1.82, 2.24) is 15.0 Å². The Balaban J connectivity index is 2.46. The predicted octanol–water partition coefficient (Wildman–Crippen LogP) is 2.96. The van der Waals surface area contributed by atoms with E-state index in [1.807, 2.05) is 13.8 Å². The second-order valence-corrected chi connectivity index (χ2v) is 4.62. The standard InChI is InChI=1S/C12H12FN3OS/c1-6(2)9-10(16-12(18)15-9)11(17)8-4-3-7(13)5-14-8/h3-6H,1-2H3,(H2,15,16,18). The Labute approximate surface area is 108 Å². The van der Waals surface area contributed by atoms with Gasteiger partial charge in [-0.3, -0.25) is 4.79 Å². The maximum atomic E-state index is 12.8. The lowest BCUT2D eigenvalue weighted by Crippen LogP contribution is -2.08. The number of nitrogens with zero attached hydrogens (tertiary/aromatic N) is 1. The van der Waals surface area contributed by atoms with E-state index in [1.54, 1.807) is 0 Å². The van der Waals surface area contributed by atoms with Crippen molar-refractivity contribution in [2.45, 2.75) is 19.8 Å².